The fourth-order valence-electron chi connectivity index (χ4n) is 3.08. The predicted molar refractivity (Wildman–Crippen MR) is 110 cm³/mol. The molecule has 0 saturated heterocycles. The monoisotopic (exact) mass is 384 g/mol. The molecule has 1 heterocycles. The number of hydrogen-bond donors (Lipinski definition) is 2. The zero-order valence-electron chi connectivity index (χ0n) is 15.5. The van der Waals surface area contributed by atoms with Crippen LogP contribution in [0.2, 0.25) is 5.02 Å². The second kappa shape index (κ2) is 9.42. The van der Waals surface area contributed by atoms with E-state index in [0.717, 1.165) is 25.1 Å². The topological polar surface area (TPSA) is 56.7 Å². The Labute approximate surface area is 165 Å². The van der Waals surface area contributed by atoms with Crippen LogP contribution in [0, 0.1) is 0 Å². The van der Waals surface area contributed by atoms with Gasteiger partial charge in [-0.1, -0.05) is 48.0 Å². The van der Waals surface area contributed by atoms with Crippen molar-refractivity contribution in [3.63, 3.8) is 0 Å². The number of nitrogens with one attached hydrogen (secondary N) is 2. The van der Waals surface area contributed by atoms with Gasteiger partial charge in [0.1, 0.15) is 0 Å². The van der Waals surface area contributed by atoms with Crippen LogP contribution in [0.3, 0.4) is 0 Å². The molecule has 1 amide bonds. The summed E-state index contributed by atoms with van der Waals surface area (Å²) >= 11 is 5.91. The SMILES string of the molecule is CCNC(=NCc1ccc(Cl)cc1)NCC(=O)N1CCc2ccccc2C1. The summed E-state index contributed by atoms with van der Waals surface area (Å²) in [4.78, 5) is 19.0. The number of aliphatic imine (C=N–C) groups is 1. The van der Waals surface area contributed by atoms with Crippen molar-refractivity contribution in [3.8, 4) is 0 Å². The lowest BCUT2D eigenvalue weighted by molar-refractivity contribution is -0.130. The van der Waals surface area contributed by atoms with Gasteiger partial charge < -0.3 is 15.5 Å². The number of hydrogen-bond acceptors (Lipinski definition) is 2. The Kier molecular flexibility index (Phi) is 6.71. The van der Waals surface area contributed by atoms with Crippen molar-refractivity contribution in [2.24, 2.45) is 4.99 Å². The molecule has 0 atom stereocenters. The Hall–Kier alpha value is -2.53. The van der Waals surface area contributed by atoms with E-state index in [1.54, 1.807) is 0 Å². The van der Waals surface area contributed by atoms with Gasteiger partial charge in [0.25, 0.3) is 0 Å². The van der Waals surface area contributed by atoms with E-state index < -0.39 is 0 Å². The van der Waals surface area contributed by atoms with E-state index in [4.69, 9.17) is 11.6 Å². The van der Waals surface area contributed by atoms with Gasteiger partial charge in [-0.25, -0.2) is 4.99 Å². The van der Waals surface area contributed by atoms with Gasteiger partial charge in [0, 0.05) is 24.7 Å². The average molecular weight is 385 g/mol. The minimum absolute atomic E-state index is 0.0848. The summed E-state index contributed by atoms with van der Waals surface area (Å²) < 4.78 is 0. The summed E-state index contributed by atoms with van der Waals surface area (Å²) in [6.45, 7) is 4.93. The number of carbonyl (C=O) groups excluding carboxylic acids is 1. The van der Waals surface area contributed by atoms with Crippen molar-refractivity contribution in [1.82, 2.24) is 15.5 Å². The molecule has 0 fully saturated rings. The molecular formula is C21H25ClN4O. The molecule has 142 valence electrons. The lowest BCUT2D eigenvalue weighted by atomic mass is 10.00. The van der Waals surface area contributed by atoms with Crippen LogP contribution in [-0.2, 0) is 24.3 Å². The summed E-state index contributed by atoms with van der Waals surface area (Å²) in [5.41, 5.74) is 3.64. The molecule has 3 rings (SSSR count). The highest BCUT2D eigenvalue weighted by Crippen LogP contribution is 2.18. The zero-order valence-corrected chi connectivity index (χ0v) is 16.3. The number of halogens is 1. The molecule has 1 aliphatic heterocycles. The van der Waals surface area contributed by atoms with E-state index in [1.165, 1.54) is 11.1 Å². The highest BCUT2D eigenvalue weighted by atomic mass is 35.5. The third-order valence-electron chi connectivity index (χ3n) is 4.57. The van der Waals surface area contributed by atoms with Gasteiger partial charge in [-0.2, -0.15) is 0 Å². The smallest absolute Gasteiger partial charge is 0.242 e. The Morgan fingerprint density at radius 1 is 1.11 bits per heavy atom. The zero-order chi connectivity index (χ0) is 19.1. The van der Waals surface area contributed by atoms with Crippen molar-refractivity contribution < 1.29 is 4.79 Å². The molecule has 1 aliphatic rings. The molecule has 0 radical (unpaired) electrons. The summed E-state index contributed by atoms with van der Waals surface area (Å²) in [6.07, 6.45) is 0.909. The first-order valence-electron chi connectivity index (χ1n) is 9.27. The quantitative estimate of drug-likeness (QED) is 0.615. The molecule has 0 unspecified atom stereocenters. The number of benzene rings is 2. The van der Waals surface area contributed by atoms with Crippen LogP contribution < -0.4 is 10.6 Å². The molecule has 27 heavy (non-hydrogen) atoms. The lowest BCUT2D eigenvalue weighted by Crippen LogP contribution is -2.45. The molecule has 0 aromatic heterocycles. The number of carbonyl (C=O) groups is 1. The van der Waals surface area contributed by atoms with Gasteiger partial charge in [-0.05, 0) is 42.2 Å². The first kappa shape index (κ1) is 19.2. The largest absolute Gasteiger partial charge is 0.357 e. The third-order valence-corrected chi connectivity index (χ3v) is 4.82. The molecule has 2 aromatic rings. The van der Waals surface area contributed by atoms with E-state index in [1.807, 2.05) is 42.2 Å². The fraction of sp³-hybridized carbons (Fsp3) is 0.333. The van der Waals surface area contributed by atoms with E-state index >= 15 is 0 Å². The molecule has 2 aromatic carbocycles. The molecule has 0 bridgehead atoms. The Morgan fingerprint density at radius 3 is 2.59 bits per heavy atom. The van der Waals surface area contributed by atoms with Crippen LogP contribution in [0.5, 0.6) is 0 Å². The van der Waals surface area contributed by atoms with Gasteiger partial charge in [0.15, 0.2) is 5.96 Å². The Balaban J connectivity index is 1.55. The van der Waals surface area contributed by atoms with Crippen molar-refractivity contribution in [2.45, 2.75) is 26.4 Å². The summed E-state index contributed by atoms with van der Waals surface area (Å²) in [6, 6.07) is 15.9. The molecule has 5 nitrogen and oxygen atoms in total. The number of nitrogens with zero attached hydrogens (tertiary/aromatic N) is 2. The van der Waals surface area contributed by atoms with Crippen LogP contribution >= 0.6 is 11.6 Å². The second-order valence-electron chi connectivity index (χ2n) is 6.51. The Bertz CT molecular complexity index is 804. The predicted octanol–water partition coefficient (Wildman–Crippen LogP) is 2.98. The van der Waals surface area contributed by atoms with Gasteiger partial charge in [0.05, 0.1) is 13.1 Å². The molecule has 0 aliphatic carbocycles. The number of guanidine groups is 1. The van der Waals surface area contributed by atoms with Crippen molar-refractivity contribution >= 4 is 23.5 Å². The molecule has 2 N–H and O–H groups in total. The number of amides is 1. The van der Waals surface area contributed by atoms with Gasteiger partial charge in [-0.3, -0.25) is 4.79 Å². The minimum atomic E-state index is 0.0848. The molecular weight excluding hydrogens is 360 g/mol. The maximum Gasteiger partial charge on any atom is 0.242 e. The maximum atomic E-state index is 12.6. The van der Waals surface area contributed by atoms with E-state index in [-0.39, 0.29) is 12.5 Å². The number of rotatable bonds is 5. The van der Waals surface area contributed by atoms with Crippen LogP contribution in [-0.4, -0.2) is 36.4 Å². The minimum Gasteiger partial charge on any atom is -0.357 e. The lowest BCUT2D eigenvalue weighted by Gasteiger charge is -2.29. The summed E-state index contributed by atoms with van der Waals surface area (Å²) in [5.74, 6) is 0.722. The maximum absolute atomic E-state index is 12.6. The van der Waals surface area contributed by atoms with E-state index in [0.29, 0.717) is 24.1 Å². The Morgan fingerprint density at radius 2 is 1.85 bits per heavy atom. The van der Waals surface area contributed by atoms with Crippen LogP contribution in [0.25, 0.3) is 0 Å². The van der Waals surface area contributed by atoms with Gasteiger partial charge in [-0.15, -0.1) is 0 Å². The van der Waals surface area contributed by atoms with E-state index in [2.05, 4.69) is 33.8 Å². The standard InChI is InChI=1S/C21H25ClN4O/c1-2-23-21(24-13-16-7-9-19(22)10-8-16)25-14-20(27)26-12-11-17-5-3-4-6-18(17)15-26/h3-10H,2,11-15H2,1H3,(H2,23,24,25). The second-order valence-corrected chi connectivity index (χ2v) is 6.95. The highest BCUT2D eigenvalue weighted by molar-refractivity contribution is 6.30. The number of fused-ring (bicyclic) bond motifs is 1. The third kappa shape index (κ3) is 5.47. The first-order valence-corrected chi connectivity index (χ1v) is 9.64. The van der Waals surface area contributed by atoms with Crippen LogP contribution in [0.4, 0.5) is 0 Å². The van der Waals surface area contributed by atoms with E-state index in [9.17, 15) is 4.79 Å². The highest BCUT2D eigenvalue weighted by Gasteiger charge is 2.20. The summed E-state index contributed by atoms with van der Waals surface area (Å²) in [7, 11) is 0. The van der Waals surface area contributed by atoms with Crippen molar-refractivity contribution in [2.75, 3.05) is 19.6 Å². The van der Waals surface area contributed by atoms with Gasteiger partial charge >= 0.3 is 0 Å². The first-order chi connectivity index (χ1) is 13.2. The summed E-state index contributed by atoms with van der Waals surface area (Å²) in [5, 5.41) is 7.03. The van der Waals surface area contributed by atoms with Crippen molar-refractivity contribution in [1.29, 1.82) is 0 Å². The van der Waals surface area contributed by atoms with Gasteiger partial charge in [0.2, 0.25) is 5.91 Å². The average Bonchev–Trinajstić information content (AvgIpc) is 2.70. The molecule has 0 saturated carbocycles. The van der Waals surface area contributed by atoms with Crippen molar-refractivity contribution in [3.05, 3.63) is 70.2 Å². The van der Waals surface area contributed by atoms with Crippen LogP contribution in [0.1, 0.15) is 23.6 Å². The normalized spacial score (nSPS) is 13.9. The molecule has 0 spiro atoms. The molecule has 6 heteroatoms. The van der Waals surface area contributed by atoms with Crippen LogP contribution in [0.15, 0.2) is 53.5 Å². The fourth-order valence-corrected chi connectivity index (χ4v) is 3.21.